The number of unbranched alkanes of at least 4 members (excludes halogenated alkanes) is 3. The smallest absolute Gasteiger partial charge is 0.0314 e. The number of hydrogen-bond donors (Lipinski definition) is 1. The Morgan fingerprint density at radius 2 is 1.88 bits per heavy atom. The van der Waals surface area contributed by atoms with Crippen LogP contribution in [0.25, 0.3) is 0 Å². The molecular weight excluding hydrogens is 294 g/mol. The molecule has 17 heavy (non-hydrogen) atoms. The van der Waals surface area contributed by atoms with Crippen LogP contribution in [0.5, 0.6) is 0 Å². The lowest BCUT2D eigenvalue weighted by Crippen LogP contribution is -2.36. The van der Waals surface area contributed by atoms with E-state index in [2.05, 4.69) is 53.5 Å². The van der Waals surface area contributed by atoms with Gasteiger partial charge in [-0.15, -0.1) is 11.3 Å². The van der Waals surface area contributed by atoms with Gasteiger partial charge in [0.1, 0.15) is 0 Å². The van der Waals surface area contributed by atoms with Crippen LogP contribution in [0.4, 0.5) is 0 Å². The molecular formula is C14H24BrNS. The molecule has 1 nitrogen and oxygen atoms in total. The van der Waals surface area contributed by atoms with Gasteiger partial charge in [0.15, 0.2) is 0 Å². The van der Waals surface area contributed by atoms with Gasteiger partial charge in [-0.25, -0.2) is 0 Å². The van der Waals surface area contributed by atoms with Gasteiger partial charge in [-0.2, -0.15) is 0 Å². The topological polar surface area (TPSA) is 12.0 Å². The number of thiophene rings is 1. The van der Waals surface area contributed by atoms with E-state index in [9.17, 15) is 0 Å². The van der Waals surface area contributed by atoms with Crippen molar-refractivity contribution in [1.82, 2.24) is 5.32 Å². The van der Waals surface area contributed by atoms with Gasteiger partial charge in [-0.05, 0) is 74.0 Å². The summed E-state index contributed by atoms with van der Waals surface area (Å²) >= 11 is 5.44. The molecule has 1 aromatic rings. The summed E-state index contributed by atoms with van der Waals surface area (Å²) in [6, 6.07) is 2.15. The molecule has 0 aliphatic carbocycles. The lowest BCUT2D eigenvalue weighted by molar-refractivity contribution is 0.416. The third-order valence-electron chi connectivity index (χ3n) is 2.68. The molecule has 0 atom stereocenters. The zero-order chi connectivity index (χ0) is 12.7. The van der Waals surface area contributed by atoms with E-state index in [0.29, 0.717) is 0 Å². The maximum absolute atomic E-state index is 3.58. The predicted octanol–water partition coefficient (Wildman–Crippen LogP) is 5.00. The summed E-state index contributed by atoms with van der Waals surface area (Å²) in [7, 11) is 0. The van der Waals surface area contributed by atoms with Gasteiger partial charge >= 0.3 is 0 Å². The third kappa shape index (κ3) is 7.22. The van der Waals surface area contributed by atoms with E-state index in [1.54, 1.807) is 0 Å². The summed E-state index contributed by atoms with van der Waals surface area (Å²) in [6.45, 7) is 7.82. The number of nitrogens with one attached hydrogen (secondary N) is 1. The van der Waals surface area contributed by atoms with Crippen LogP contribution < -0.4 is 5.32 Å². The first-order valence-electron chi connectivity index (χ1n) is 6.46. The Labute approximate surface area is 118 Å². The Morgan fingerprint density at radius 3 is 2.47 bits per heavy atom. The fourth-order valence-corrected chi connectivity index (χ4v) is 3.33. The van der Waals surface area contributed by atoms with Crippen LogP contribution in [0.15, 0.2) is 15.9 Å². The summed E-state index contributed by atoms with van der Waals surface area (Å²) in [4.78, 5) is 1.50. The van der Waals surface area contributed by atoms with Crippen molar-refractivity contribution in [2.75, 3.05) is 6.54 Å². The highest BCUT2D eigenvalue weighted by Crippen LogP contribution is 2.24. The number of hydrogen-bond acceptors (Lipinski definition) is 2. The summed E-state index contributed by atoms with van der Waals surface area (Å²) in [5, 5.41) is 5.69. The maximum atomic E-state index is 3.58. The fourth-order valence-electron chi connectivity index (χ4n) is 1.73. The Morgan fingerprint density at radius 1 is 1.18 bits per heavy atom. The Hall–Kier alpha value is 0.140. The molecule has 98 valence electrons. The number of aryl methyl sites for hydroxylation is 1. The van der Waals surface area contributed by atoms with Crippen molar-refractivity contribution in [2.45, 2.75) is 58.4 Å². The summed E-state index contributed by atoms with van der Waals surface area (Å²) in [5.41, 5.74) is 0.266. The average molecular weight is 318 g/mol. The molecule has 1 heterocycles. The zero-order valence-corrected chi connectivity index (χ0v) is 13.6. The van der Waals surface area contributed by atoms with Crippen molar-refractivity contribution in [3.8, 4) is 0 Å². The number of rotatable bonds is 7. The van der Waals surface area contributed by atoms with E-state index in [0.717, 1.165) is 6.54 Å². The average Bonchev–Trinajstić information content (AvgIpc) is 2.61. The van der Waals surface area contributed by atoms with Crippen LogP contribution >= 0.6 is 27.3 Å². The second-order valence-corrected chi connectivity index (χ2v) is 7.39. The maximum Gasteiger partial charge on any atom is 0.0314 e. The molecule has 0 saturated carbocycles. The highest BCUT2D eigenvalue weighted by Gasteiger charge is 2.07. The Kier molecular flexibility index (Phi) is 6.75. The van der Waals surface area contributed by atoms with Crippen LogP contribution in [0.1, 0.15) is 51.3 Å². The largest absolute Gasteiger partial charge is 0.312 e. The van der Waals surface area contributed by atoms with Crippen molar-refractivity contribution >= 4 is 27.3 Å². The van der Waals surface area contributed by atoms with Gasteiger partial charge in [0.25, 0.3) is 0 Å². The monoisotopic (exact) mass is 317 g/mol. The highest BCUT2D eigenvalue weighted by molar-refractivity contribution is 9.10. The van der Waals surface area contributed by atoms with Gasteiger partial charge in [-0.1, -0.05) is 12.8 Å². The quantitative estimate of drug-likeness (QED) is 0.698. The lowest BCUT2D eigenvalue weighted by atomic mass is 10.1. The minimum Gasteiger partial charge on any atom is -0.312 e. The lowest BCUT2D eigenvalue weighted by Gasteiger charge is -2.20. The molecule has 0 spiro atoms. The minimum atomic E-state index is 0.266. The van der Waals surface area contributed by atoms with Crippen LogP contribution in [0, 0.1) is 0 Å². The summed E-state index contributed by atoms with van der Waals surface area (Å²) in [5.74, 6) is 0. The van der Waals surface area contributed by atoms with Crippen LogP contribution in [0.2, 0.25) is 0 Å². The highest BCUT2D eigenvalue weighted by atomic mass is 79.9. The first-order valence-corrected chi connectivity index (χ1v) is 8.13. The van der Waals surface area contributed by atoms with Crippen LogP contribution in [0.3, 0.4) is 0 Å². The van der Waals surface area contributed by atoms with Crippen molar-refractivity contribution in [3.63, 3.8) is 0 Å². The first kappa shape index (κ1) is 15.2. The normalized spacial score (nSPS) is 12.0. The Balaban J connectivity index is 1.97. The standard InChI is InChI=1S/C14H24BrNS/c1-14(2,3)16-10-7-5-4-6-8-13-12(15)9-11-17-13/h9,11,16H,4-8,10H2,1-3H3. The molecule has 0 aliphatic rings. The molecule has 0 aliphatic heterocycles. The second kappa shape index (κ2) is 7.55. The second-order valence-electron chi connectivity index (χ2n) is 5.53. The molecule has 1 rings (SSSR count). The van der Waals surface area contributed by atoms with E-state index >= 15 is 0 Å². The van der Waals surface area contributed by atoms with Crippen molar-refractivity contribution in [1.29, 1.82) is 0 Å². The fraction of sp³-hybridized carbons (Fsp3) is 0.714. The van der Waals surface area contributed by atoms with Crippen molar-refractivity contribution < 1.29 is 0 Å². The molecule has 0 unspecified atom stereocenters. The predicted molar refractivity (Wildman–Crippen MR) is 81.9 cm³/mol. The van der Waals surface area contributed by atoms with Crippen molar-refractivity contribution in [3.05, 3.63) is 20.8 Å². The minimum absolute atomic E-state index is 0.266. The summed E-state index contributed by atoms with van der Waals surface area (Å²) < 4.78 is 1.29. The van der Waals surface area contributed by atoms with Crippen LogP contribution in [-0.2, 0) is 6.42 Å². The first-order chi connectivity index (χ1) is 7.99. The van der Waals surface area contributed by atoms with Gasteiger partial charge in [0.2, 0.25) is 0 Å². The van der Waals surface area contributed by atoms with Crippen LogP contribution in [-0.4, -0.2) is 12.1 Å². The molecule has 0 aromatic carbocycles. The molecule has 0 bridgehead atoms. The van der Waals surface area contributed by atoms with E-state index in [4.69, 9.17) is 0 Å². The van der Waals surface area contributed by atoms with E-state index < -0.39 is 0 Å². The van der Waals surface area contributed by atoms with Crippen molar-refractivity contribution in [2.24, 2.45) is 0 Å². The van der Waals surface area contributed by atoms with E-state index in [1.807, 2.05) is 11.3 Å². The third-order valence-corrected chi connectivity index (χ3v) is 4.66. The zero-order valence-electron chi connectivity index (χ0n) is 11.2. The molecule has 0 saturated heterocycles. The molecule has 0 amide bonds. The molecule has 0 radical (unpaired) electrons. The Bertz CT molecular complexity index is 314. The molecule has 0 fully saturated rings. The van der Waals surface area contributed by atoms with Gasteiger partial charge < -0.3 is 5.32 Å². The molecule has 3 heteroatoms. The van der Waals surface area contributed by atoms with E-state index in [-0.39, 0.29) is 5.54 Å². The summed E-state index contributed by atoms with van der Waals surface area (Å²) in [6.07, 6.45) is 6.52. The van der Waals surface area contributed by atoms with Gasteiger partial charge in [0, 0.05) is 14.9 Å². The van der Waals surface area contributed by atoms with Gasteiger partial charge in [0.05, 0.1) is 0 Å². The van der Waals surface area contributed by atoms with E-state index in [1.165, 1.54) is 41.5 Å². The molecule has 1 N–H and O–H groups in total. The SMILES string of the molecule is CC(C)(C)NCCCCCCc1sccc1Br. The van der Waals surface area contributed by atoms with Gasteiger partial charge in [-0.3, -0.25) is 0 Å². The molecule has 1 aromatic heterocycles. The number of halogens is 1.